The minimum absolute atomic E-state index is 0.0121. The molecule has 0 bridgehead atoms. The summed E-state index contributed by atoms with van der Waals surface area (Å²) in [7, 11) is 0. The first-order chi connectivity index (χ1) is 9.62. The van der Waals surface area contributed by atoms with Gasteiger partial charge in [-0.1, -0.05) is 6.92 Å². The SMILES string of the molecule is CCCNc1cc(N(CCO)CCO)cc([N+](=O)[O-])c1. The number of hydrogen-bond acceptors (Lipinski definition) is 6. The van der Waals surface area contributed by atoms with Gasteiger partial charge in [-0.25, -0.2) is 0 Å². The molecule has 3 N–H and O–H groups in total. The van der Waals surface area contributed by atoms with E-state index in [0.29, 0.717) is 24.5 Å². The molecule has 0 aliphatic rings. The molecule has 0 spiro atoms. The van der Waals surface area contributed by atoms with Gasteiger partial charge in [0, 0.05) is 43.1 Å². The van der Waals surface area contributed by atoms with Gasteiger partial charge in [0.15, 0.2) is 0 Å². The Morgan fingerprint density at radius 1 is 1.25 bits per heavy atom. The molecule has 0 atom stereocenters. The summed E-state index contributed by atoms with van der Waals surface area (Å²) < 4.78 is 0. The maximum absolute atomic E-state index is 11.0. The largest absolute Gasteiger partial charge is 0.395 e. The molecule has 7 heteroatoms. The van der Waals surface area contributed by atoms with Gasteiger partial charge in [0.2, 0.25) is 0 Å². The summed E-state index contributed by atoms with van der Waals surface area (Å²) in [4.78, 5) is 12.2. The Balaban J connectivity index is 3.07. The van der Waals surface area contributed by atoms with Gasteiger partial charge in [-0.3, -0.25) is 10.1 Å². The molecule has 0 aliphatic carbocycles. The molecule has 112 valence electrons. The fraction of sp³-hybridized carbons (Fsp3) is 0.538. The van der Waals surface area contributed by atoms with E-state index in [-0.39, 0.29) is 18.9 Å². The number of benzene rings is 1. The average Bonchev–Trinajstić information content (AvgIpc) is 2.44. The van der Waals surface area contributed by atoms with E-state index in [1.807, 2.05) is 6.92 Å². The number of hydrogen-bond donors (Lipinski definition) is 3. The molecule has 0 aromatic heterocycles. The molecule has 20 heavy (non-hydrogen) atoms. The zero-order chi connectivity index (χ0) is 15.0. The van der Waals surface area contributed by atoms with E-state index in [0.717, 1.165) is 13.0 Å². The molecule has 0 radical (unpaired) electrons. The van der Waals surface area contributed by atoms with Gasteiger partial charge in [0.25, 0.3) is 5.69 Å². The van der Waals surface area contributed by atoms with Gasteiger partial charge in [-0.2, -0.15) is 0 Å². The molecule has 1 rings (SSSR count). The highest BCUT2D eigenvalue weighted by atomic mass is 16.6. The summed E-state index contributed by atoms with van der Waals surface area (Å²) in [5, 5.41) is 32.2. The highest BCUT2D eigenvalue weighted by Gasteiger charge is 2.14. The van der Waals surface area contributed by atoms with Crippen LogP contribution in [-0.2, 0) is 0 Å². The first-order valence-corrected chi connectivity index (χ1v) is 6.62. The number of anilines is 2. The topological polar surface area (TPSA) is 98.9 Å². The highest BCUT2D eigenvalue weighted by molar-refractivity contribution is 5.64. The van der Waals surface area contributed by atoms with Crippen LogP contribution in [0.25, 0.3) is 0 Å². The Morgan fingerprint density at radius 2 is 1.90 bits per heavy atom. The van der Waals surface area contributed by atoms with Crippen molar-refractivity contribution in [1.29, 1.82) is 0 Å². The smallest absolute Gasteiger partial charge is 0.273 e. The molecule has 0 fully saturated rings. The molecule has 0 saturated carbocycles. The Morgan fingerprint density at radius 3 is 2.40 bits per heavy atom. The van der Waals surface area contributed by atoms with Crippen LogP contribution in [-0.4, -0.2) is 48.0 Å². The molecule has 0 unspecified atom stereocenters. The number of nitrogens with zero attached hydrogens (tertiary/aromatic N) is 2. The van der Waals surface area contributed by atoms with Crippen molar-refractivity contribution in [2.24, 2.45) is 0 Å². The second kappa shape index (κ2) is 8.34. The van der Waals surface area contributed by atoms with Crippen LogP contribution in [0.3, 0.4) is 0 Å². The monoisotopic (exact) mass is 283 g/mol. The van der Waals surface area contributed by atoms with Crippen molar-refractivity contribution in [2.45, 2.75) is 13.3 Å². The van der Waals surface area contributed by atoms with Crippen molar-refractivity contribution >= 4 is 17.1 Å². The lowest BCUT2D eigenvalue weighted by Gasteiger charge is -2.23. The predicted octanol–water partition coefficient (Wildman–Crippen LogP) is 1.21. The van der Waals surface area contributed by atoms with Crippen LogP contribution in [0.2, 0.25) is 0 Å². The third-order valence-electron chi connectivity index (χ3n) is 2.80. The van der Waals surface area contributed by atoms with Crippen molar-refractivity contribution in [3.8, 4) is 0 Å². The molecule has 0 heterocycles. The second-order valence-corrected chi connectivity index (χ2v) is 4.36. The lowest BCUT2D eigenvalue weighted by Crippen LogP contribution is -2.29. The van der Waals surface area contributed by atoms with Crippen LogP contribution in [0.1, 0.15) is 13.3 Å². The van der Waals surface area contributed by atoms with Gasteiger partial charge in [-0.05, 0) is 12.5 Å². The summed E-state index contributed by atoms with van der Waals surface area (Å²) in [5.41, 5.74) is 1.26. The standard InChI is InChI=1S/C13H21N3O4/c1-2-3-14-11-8-12(10-13(9-11)16(19)20)15(4-6-17)5-7-18/h8-10,14,17-18H,2-7H2,1H3. The van der Waals surface area contributed by atoms with Crippen LogP contribution < -0.4 is 10.2 Å². The Bertz CT molecular complexity index is 434. The van der Waals surface area contributed by atoms with Crippen LogP contribution in [0, 0.1) is 10.1 Å². The van der Waals surface area contributed by atoms with Crippen LogP contribution in [0.15, 0.2) is 18.2 Å². The van der Waals surface area contributed by atoms with Gasteiger partial charge in [0.05, 0.1) is 18.1 Å². The molecule has 7 nitrogen and oxygen atoms in total. The summed E-state index contributed by atoms with van der Waals surface area (Å²) in [6, 6.07) is 4.71. The van der Waals surface area contributed by atoms with E-state index in [2.05, 4.69) is 5.32 Å². The normalized spacial score (nSPS) is 10.3. The zero-order valence-corrected chi connectivity index (χ0v) is 11.6. The van der Waals surface area contributed by atoms with E-state index in [4.69, 9.17) is 10.2 Å². The van der Waals surface area contributed by atoms with Gasteiger partial charge in [-0.15, -0.1) is 0 Å². The lowest BCUT2D eigenvalue weighted by molar-refractivity contribution is -0.384. The van der Waals surface area contributed by atoms with E-state index in [1.54, 1.807) is 11.0 Å². The first-order valence-electron chi connectivity index (χ1n) is 6.62. The quantitative estimate of drug-likeness (QED) is 0.465. The molecular weight excluding hydrogens is 262 g/mol. The summed E-state index contributed by atoms with van der Waals surface area (Å²) in [6.07, 6.45) is 0.912. The highest BCUT2D eigenvalue weighted by Crippen LogP contribution is 2.27. The summed E-state index contributed by atoms with van der Waals surface area (Å²) in [6.45, 7) is 3.19. The first kappa shape index (κ1) is 16.2. The zero-order valence-electron chi connectivity index (χ0n) is 11.6. The molecule has 0 aliphatic heterocycles. The molecular formula is C13H21N3O4. The van der Waals surface area contributed by atoms with E-state index < -0.39 is 4.92 Å². The summed E-state index contributed by atoms with van der Waals surface area (Å²) >= 11 is 0. The van der Waals surface area contributed by atoms with Crippen LogP contribution in [0.5, 0.6) is 0 Å². The van der Waals surface area contributed by atoms with Crippen LogP contribution in [0.4, 0.5) is 17.1 Å². The lowest BCUT2D eigenvalue weighted by atomic mass is 10.2. The molecule has 0 amide bonds. The fourth-order valence-corrected chi connectivity index (χ4v) is 1.87. The number of rotatable bonds is 9. The minimum atomic E-state index is -0.448. The van der Waals surface area contributed by atoms with Gasteiger partial charge >= 0.3 is 0 Å². The van der Waals surface area contributed by atoms with E-state index >= 15 is 0 Å². The third-order valence-corrected chi connectivity index (χ3v) is 2.80. The maximum Gasteiger partial charge on any atom is 0.273 e. The fourth-order valence-electron chi connectivity index (χ4n) is 1.87. The van der Waals surface area contributed by atoms with Crippen molar-refractivity contribution in [3.05, 3.63) is 28.3 Å². The van der Waals surface area contributed by atoms with Crippen molar-refractivity contribution in [3.63, 3.8) is 0 Å². The average molecular weight is 283 g/mol. The van der Waals surface area contributed by atoms with Crippen molar-refractivity contribution < 1.29 is 15.1 Å². The number of non-ortho nitro benzene ring substituents is 1. The Hall–Kier alpha value is -1.86. The van der Waals surface area contributed by atoms with Crippen molar-refractivity contribution in [1.82, 2.24) is 0 Å². The van der Waals surface area contributed by atoms with Crippen molar-refractivity contribution in [2.75, 3.05) is 43.1 Å². The van der Waals surface area contributed by atoms with Crippen LogP contribution >= 0.6 is 0 Å². The van der Waals surface area contributed by atoms with Gasteiger partial charge in [0.1, 0.15) is 0 Å². The minimum Gasteiger partial charge on any atom is -0.395 e. The number of aliphatic hydroxyl groups is 2. The van der Waals surface area contributed by atoms with E-state index in [1.165, 1.54) is 12.1 Å². The molecule has 1 aromatic carbocycles. The number of aliphatic hydroxyl groups excluding tert-OH is 2. The Labute approximate surface area is 118 Å². The van der Waals surface area contributed by atoms with Gasteiger partial charge < -0.3 is 20.4 Å². The maximum atomic E-state index is 11.0. The number of nitrogens with one attached hydrogen (secondary N) is 1. The second-order valence-electron chi connectivity index (χ2n) is 4.36. The molecule has 0 saturated heterocycles. The number of nitro groups is 1. The number of nitro benzene ring substituents is 1. The third kappa shape index (κ3) is 4.67. The van der Waals surface area contributed by atoms with E-state index in [9.17, 15) is 10.1 Å². The predicted molar refractivity (Wildman–Crippen MR) is 78.3 cm³/mol. The Kier molecular flexibility index (Phi) is 6.75. The summed E-state index contributed by atoms with van der Waals surface area (Å²) in [5.74, 6) is 0. The molecule has 1 aromatic rings.